The van der Waals surface area contributed by atoms with E-state index in [1.54, 1.807) is 6.92 Å². The first-order valence-corrected chi connectivity index (χ1v) is 5.33. The summed E-state index contributed by atoms with van der Waals surface area (Å²) in [5.41, 5.74) is -1.37. The van der Waals surface area contributed by atoms with Crippen LogP contribution in [-0.4, -0.2) is 11.2 Å². The molecule has 0 amide bonds. The number of rotatable bonds is 2. The molecule has 1 saturated carbocycles. The Morgan fingerprint density at radius 2 is 1.88 bits per heavy atom. The molecule has 1 aliphatic carbocycles. The lowest BCUT2D eigenvalue weighted by atomic mass is 9.90. The highest BCUT2D eigenvalue weighted by Gasteiger charge is 2.49. The summed E-state index contributed by atoms with van der Waals surface area (Å²) < 4.78 is 50.5. The molecule has 1 unspecified atom stereocenters. The minimum atomic E-state index is -4.68. The van der Waals surface area contributed by atoms with E-state index in [2.05, 4.69) is 0 Å². The number of alkyl halides is 3. The molecule has 0 spiro atoms. The normalized spacial score (nSPS) is 20.1. The van der Waals surface area contributed by atoms with E-state index in [1.807, 2.05) is 0 Å². The summed E-state index contributed by atoms with van der Waals surface area (Å²) in [5.74, 6) is -1.28. The molecule has 0 aromatic heterocycles. The standard InChI is InChI=1S/C12H12F4O/c1-7(17)11(4-5-11)8-2-3-9(10(13)6-8)12(14,15)16/h2-3,6-7,17H,4-5H2,1H3. The Labute approximate surface area is 96.1 Å². The first-order valence-electron chi connectivity index (χ1n) is 5.33. The van der Waals surface area contributed by atoms with Crippen molar-refractivity contribution >= 4 is 0 Å². The number of hydrogen-bond acceptors (Lipinski definition) is 1. The van der Waals surface area contributed by atoms with Crippen LogP contribution >= 0.6 is 0 Å². The van der Waals surface area contributed by atoms with Gasteiger partial charge in [-0.2, -0.15) is 13.2 Å². The van der Waals surface area contributed by atoms with Crippen molar-refractivity contribution < 1.29 is 22.7 Å². The van der Waals surface area contributed by atoms with Gasteiger partial charge in [-0.3, -0.25) is 0 Å². The number of halogens is 4. The fourth-order valence-electron chi connectivity index (χ4n) is 2.14. The second-order valence-electron chi connectivity index (χ2n) is 4.52. The number of benzene rings is 1. The number of aliphatic hydroxyl groups excluding tert-OH is 1. The van der Waals surface area contributed by atoms with Gasteiger partial charge in [0.2, 0.25) is 0 Å². The molecule has 1 fully saturated rings. The average Bonchev–Trinajstić information content (AvgIpc) is 2.95. The SMILES string of the molecule is CC(O)C1(c2ccc(C(F)(F)F)c(F)c2)CC1. The molecule has 1 N–H and O–H groups in total. The predicted molar refractivity (Wildman–Crippen MR) is 54.0 cm³/mol. The molecule has 1 aromatic rings. The molecule has 1 atom stereocenters. The van der Waals surface area contributed by atoms with E-state index in [-0.39, 0.29) is 0 Å². The molecule has 1 aromatic carbocycles. The summed E-state index contributed by atoms with van der Waals surface area (Å²) >= 11 is 0. The zero-order valence-electron chi connectivity index (χ0n) is 9.18. The van der Waals surface area contributed by atoms with E-state index in [4.69, 9.17) is 0 Å². The Morgan fingerprint density at radius 1 is 1.29 bits per heavy atom. The van der Waals surface area contributed by atoms with Crippen LogP contribution in [-0.2, 0) is 11.6 Å². The third kappa shape index (κ3) is 2.04. The van der Waals surface area contributed by atoms with E-state index in [1.165, 1.54) is 6.07 Å². The molecule has 0 heterocycles. The van der Waals surface area contributed by atoms with Gasteiger partial charge in [0, 0.05) is 5.41 Å². The largest absolute Gasteiger partial charge is 0.419 e. The van der Waals surface area contributed by atoms with Crippen molar-refractivity contribution in [1.82, 2.24) is 0 Å². The topological polar surface area (TPSA) is 20.2 Å². The summed E-state index contributed by atoms with van der Waals surface area (Å²) in [6.45, 7) is 1.57. The Hall–Kier alpha value is -1.10. The van der Waals surface area contributed by atoms with Crippen LogP contribution in [0.25, 0.3) is 0 Å². The van der Waals surface area contributed by atoms with Crippen LogP contribution < -0.4 is 0 Å². The molecule has 5 heteroatoms. The number of hydrogen-bond donors (Lipinski definition) is 1. The molecule has 1 nitrogen and oxygen atoms in total. The zero-order chi connectivity index (χ0) is 12.8. The highest BCUT2D eigenvalue weighted by molar-refractivity contribution is 5.36. The maximum absolute atomic E-state index is 13.4. The van der Waals surface area contributed by atoms with Crippen LogP contribution in [0.4, 0.5) is 17.6 Å². The maximum Gasteiger partial charge on any atom is 0.419 e. The molecule has 0 bridgehead atoms. The molecule has 94 valence electrons. The molecule has 0 radical (unpaired) electrons. The monoisotopic (exact) mass is 248 g/mol. The first-order chi connectivity index (χ1) is 7.77. The highest BCUT2D eigenvalue weighted by atomic mass is 19.4. The van der Waals surface area contributed by atoms with E-state index >= 15 is 0 Å². The smallest absolute Gasteiger partial charge is 0.392 e. The van der Waals surface area contributed by atoms with E-state index < -0.39 is 29.1 Å². The van der Waals surface area contributed by atoms with Gasteiger partial charge in [0.05, 0.1) is 11.7 Å². The quantitative estimate of drug-likeness (QED) is 0.796. The third-order valence-electron chi connectivity index (χ3n) is 3.44. The summed E-state index contributed by atoms with van der Waals surface area (Å²) in [5, 5.41) is 9.57. The van der Waals surface area contributed by atoms with Crippen LogP contribution in [0.2, 0.25) is 0 Å². The fraction of sp³-hybridized carbons (Fsp3) is 0.500. The van der Waals surface area contributed by atoms with Gasteiger partial charge in [0.25, 0.3) is 0 Å². The van der Waals surface area contributed by atoms with Crippen LogP contribution in [0.1, 0.15) is 30.9 Å². The van der Waals surface area contributed by atoms with Crippen LogP contribution in [0.15, 0.2) is 18.2 Å². The molecule has 0 saturated heterocycles. The summed E-state index contributed by atoms with van der Waals surface area (Å²) in [7, 11) is 0. The summed E-state index contributed by atoms with van der Waals surface area (Å²) in [4.78, 5) is 0. The van der Waals surface area contributed by atoms with Gasteiger partial charge < -0.3 is 5.11 Å². The molecular weight excluding hydrogens is 236 g/mol. The Bertz CT molecular complexity index is 433. The van der Waals surface area contributed by atoms with E-state index in [0.717, 1.165) is 12.1 Å². The lowest BCUT2D eigenvalue weighted by Gasteiger charge is -2.20. The van der Waals surface area contributed by atoms with Crippen molar-refractivity contribution in [2.75, 3.05) is 0 Å². The fourth-order valence-corrected chi connectivity index (χ4v) is 2.14. The minimum Gasteiger partial charge on any atom is -0.392 e. The lowest BCUT2D eigenvalue weighted by Crippen LogP contribution is -2.23. The van der Waals surface area contributed by atoms with Crippen LogP contribution in [0.3, 0.4) is 0 Å². The Kier molecular flexibility index (Phi) is 2.69. The maximum atomic E-state index is 13.4. The third-order valence-corrected chi connectivity index (χ3v) is 3.44. The van der Waals surface area contributed by atoms with E-state index in [0.29, 0.717) is 18.4 Å². The van der Waals surface area contributed by atoms with Gasteiger partial charge >= 0.3 is 6.18 Å². The van der Waals surface area contributed by atoms with Gasteiger partial charge in [-0.15, -0.1) is 0 Å². The van der Waals surface area contributed by atoms with Gasteiger partial charge in [-0.25, -0.2) is 4.39 Å². The van der Waals surface area contributed by atoms with Gasteiger partial charge in [0.1, 0.15) is 5.82 Å². The van der Waals surface area contributed by atoms with Crippen molar-refractivity contribution in [3.63, 3.8) is 0 Å². The first kappa shape index (κ1) is 12.4. The zero-order valence-corrected chi connectivity index (χ0v) is 9.18. The average molecular weight is 248 g/mol. The number of aliphatic hydroxyl groups is 1. The molecule has 0 aliphatic heterocycles. The second kappa shape index (κ2) is 3.70. The van der Waals surface area contributed by atoms with Crippen LogP contribution in [0.5, 0.6) is 0 Å². The van der Waals surface area contributed by atoms with E-state index in [9.17, 15) is 22.7 Å². The molecule has 2 rings (SSSR count). The van der Waals surface area contributed by atoms with Crippen molar-refractivity contribution in [1.29, 1.82) is 0 Å². The minimum absolute atomic E-state index is 0.443. The molecule has 1 aliphatic rings. The molecular formula is C12H12F4O. The van der Waals surface area contributed by atoms with Crippen molar-refractivity contribution in [2.45, 2.75) is 37.5 Å². The van der Waals surface area contributed by atoms with Gasteiger partial charge in [0.15, 0.2) is 0 Å². The van der Waals surface area contributed by atoms with Crippen molar-refractivity contribution in [3.8, 4) is 0 Å². The lowest BCUT2D eigenvalue weighted by molar-refractivity contribution is -0.140. The highest BCUT2D eigenvalue weighted by Crippen LogP contribution is 2.51. The Morgan fingerprint density at radius 3 is 2.24 bits per heavy atom. The van der Waals surface area contributed by atoms with Crippen molar-refractivity contribution in [2.24, 2.45) is 0 Å². The Balaban J connectivity index is 2.39. The summed E-state index contributed by atoms with van der Waals surface area (Å²) in [6, 6.07) is 2.89. The van der Waals surface area contributed by atoms with Gasteiger partial charge in [-0.05, 0) is 37.5 Å². The summed E-state index contributed by atoms with van der Waals surface area (Å²) in [6.07, 6.45) is -4.01. The van der Waals surface area contributed by atoms with Gasteiger partial charge in [-0.1, -0.05) is 6.07 Å². The predicted octanol–water partition coefficient (Wildman–Crippen LogP) is 3.26. The van der Waals surface area contributed by atoms with Crippen LogP contribution in [0, 0.1) is 5.82 Å². The molecule has 17 heavy (non-hydrogen) atoms. The second-order valence-corrected chi connectivity index (χ2v) is 4.52. The van der Waals surface area contributed by atoms with Crippen molar-refractivity contribution in [3.05, 3.63) is 35.1 Å².